The molecule has 0 bridgehead atoms. The highest BCUT2D eigenvalue weighted by molar-refractivity contribution is 7.98. The number of benzene rings is 1. The van der Waals surface area contributed by atoms with Crippen LogP contribution in [0.4, 0.5) is 0 Å². The summed E-state index contributed by atoms with van der Waals surface area (Å²) in [5.74, 6) is 3.76. The van der Waals surface area contributed by atoms with Crippen LogP contribution in [0.3, 0.4) is 0 Å². The van der Waals surface area contributed by atoms with Crippen LogP contribution in [0.2, 0.25) is 0 Å². The highest BCUT2D eigenvalue weighted by Gasteiger charge is 2.16. The summed E-state index contributed by atoms with van der Waals surface area (Å²) in [4.78, 5) is 0. The van der Waals surface area contributed by atoms with Gasteiger partial charge in [-0.05, 0) is 24.8 Å². The molecule has 1 aliphatic rings. The van der Waals surface area contributed by atoms with Crippen LogP contribution in [0.5, 0.6) is 5.75 Å². The van der Waals surface area contributed by atoms with Gasteiger partial charge in [0.1, 0.15) is 11.7 Å². The van der Waals surface area contributed by atoms with Crippen LogP contribution >= 0.6 is 11.8 Å². The molecule has 0 atom stereocenters. The first-order valence-corrected chi connectivity index (χ1v) is 6.65. The minimum Gasteiger partial charge on any atom is -0.482 e. The van der Waals surface area contributed by atoms with Crippen molar-refractivity contribution in [1.29, 1.82) is 0 Å². The molecule has 2 heteroatoms. The van der Waals surface area contributed by atoms with Crippen LogP contribution in [0.15, 0.2) is 12.1 Å². The molecule has 0 amide bonds. The van der Waals surface area contributed by atoms with Gasteiger partial charge in [0, 0.05) is 11.3 Å². The highest BCUT2D eigenvalue weighted by atomic mass is 32.2. The van der Waals surface area contributed by atoms with Crippen LogP contribution < -0.4 is 4.74 Å². The third-order valence-electron chi connectivity index (χ3n) is 2.56. The lowest BCUT2D eigenvalue weighted by molar-refractivity contribution is 0.377. The van der Waals surface area contributed by atoms with E-state index in [4.69, 9.17) is 4.74 Å². The molecule has 0 spiro atoms. The average Bonchev–Trinajstić information content (AvgIpc) is 2.16. The molecule has 0 unspecified atom stereocenters. The monoisotopic (exact) mass is 222 g/mol. The largest absolute Gasteiger partial charge is 0.482 e. The summed E-state index contributed by atoms with van der Waals surface area (Å²) in [5.41, 5.74) is 4.12. The molecule has 0 radical (unpaired) electrons. The fourth-order valence-corrected chi connectivity index (χ4v) is 2.78. The molecular weight excluding hydrogens is 204 g/mol. The lowest BCUT2D eigenvalue weighted by Gasteiger charge is -2.21. The van der Waals surface area contributed by atoms with Crippen LogP contribution in [-0.4, -0.2) is 5.94 Å². The first-order chi connectivity index (χ1) is 7.16. The smallest absolute Gasteiger partial charge is 0.134 e. The van der Waals surface area contributed by atoms with Gasteiger partial charge >= 0.3 is 0 Å². The summed E-state index contributed by atoms with van der Waals surface area (Å²) in [7, 11) is 0. The van der Waals surface area contributed by atoms with E-state index in [1.165, 1.54) is 16.7 Å². The number of fused-ring (bicyclic) bond motifs is 1. The van der Waals surface area contributed by atoms with E-state index in [2.05, 4.69) is 32.9 Å². The van der Waals surface area contributed by atoms with Gasteiger partial charge in [0.2, 0.25) is 0 Å². The molecule has 82 valence electrons. The molecule has 1 aromatic rings. The van der Waals surface area contributed by atoms with Crippen molar-refractivity contribution < 1.29 is 4.74 Å². The molecule has 0 N–H and O–H groups in total. The van der Waals surface area contributed by atoms with E-state index < -0.39 is 0 Å². The van der Waals surface area contributed by atoms with E-state index in [1.54, 1.807) is 0 Å². The second-order valence-electron chi connectivity index (χ2n) is 4.62. The van der Waals surface area contributed by atoms with Crippen molar-refractivity contribution in [2.45, 2.75) is 32.9 Å². The van der Waals surface area contributed by atoms with Crippen molar-refractivity contribution >= 4 is 11.8 Å². The Morgan fingerprint density at radius 2 is 2.20 bits per heavy atom. The van der Waals surface area contributed by atoms with Crippen molar-refractivity contribution in [1.82, 2.24) is 0 Å². The van der Waals surface area contributed by atoms with E-state index in [1.807, 2.05) is 11.8 Å². The van der Waals surface area contributed by atoms with Gasteiger partial charge in [-0.3, -0.25) is 0 Å². The Labute approximate surface area is 96.2 Å². The van der Waals surface area contributed by atoms with Gasteiger partial charge in [0.05, 0.1) is 0 Å². The molecule has 0 aliphatic carbocycles. The molecule has 0 saturated carbocycles. The molecule has 0 aromatic heterocycles. The SMILES string of the molecule is Cc1cc2c(c(CC(C)C)c1)OCSC2. The number of thioether (sulfide) groups is 1. The van der Waals surface area contributed by atoms with E-state index in [-0.39, 0.29) is 0 Å². The Morgan fingerprint density at radius 1 is 1.40 bits per heavy atom. The normalized spacial score (nSPS) is 14.9. The van der Waals surface area contributed by atoms with Crippen LogP contribution in [0, 0.1) is 12.8 Å². The van der Waals surface area contributed by atoms with E-state index in [0.717, 1.165) is 23.9 Å². The molecule has 1 aliphatic heterocycles. The van der Waals surface area contributed by atoms with Gasteiger partial charge in [0.25, 0.3) is 0 Å². The molecule has 0 saturated heterocycles. The third kappa shape index (κ3) is 2.49. The molecule has 1 aromatic carbocycles. The predicted molar refractivity (Wildman–Crippen MR) is 66.5 cm³/mol. The Balaban J connectivity index is 2.38. The summed E-state index contributed by atoms with van der Waals surface area (Å²) < 4.78 is 5.77. The molecular formula is C13H18OS. The third-order valence-corrected chi connectivity index (χ3v) is 3.36. The van der Waals surface area contributed by atoms with Gasteiger partial charge in [-0.2, -0.15) is 0 Å². The van der Waals surface area contributed by atoms with Crippen molar-refractivity contribution in [3.8, 4) is 5.75 Å². The number of hydrogen-bond acceptors (Lipinski definition) is 2. The zero-order valence-corrected chi connectivity index (χ0v) is 10.5. The predicted octanol–water partition coefficient (Wildman–Crippen LogP) is 3.78. The van der Waals surface area contributed by atoms with Crippen molar-refractivity contribution in [2.75, 3.05) is 5.94 Å². The maximum Gasteiger partial charge on any atom is 0.134 e. The minimum absolute atomic E-state index is 0.689. The standard InChI is InChI=1S/C13H18OS/c1-9(2)4-11-5-10(3)6-12-7-15-8-14-13(11)12/h5-6,9H,4,7-8H2,1-3H3. The summed E-state index contributed by atoms with van der Waals surface area (Å²) in [6.07, 6.45) is 1.12. The Hall–Kier alpha value is -0.630. The maximum atomic E-state index is 5.77. The fraction of sp³-hybridized carbons (Fsp3) is 0.538. The van der Waals surface area contributed by atoms with Gasteiger partial charge in [-0.1, -0.05) is 31.5 Å². The molecule has 1 nitrogen and oxygen atoms in total. The van der Waals surface area contributed by atoms with E-state index >= 15 is 0 Å². The quantitative estimate of drug-likeness (QED) is 0.753. The number of hydrogen-bond donors (Lipinski definition) is 0. The van der Waals surface area contributed by atoms with Crippen LogP contribution in [0.1, 0.15) is 30.5 Å². The summed E-state index contributed by atoms with van der Waals surface area (Å²) >= 11 is 1.85. The maximum absolute atomic E-state index is 5.77. The van der Waals surface area contributed by atoms with Crippen LogP contribution in [-0.2, 0) is 12.2 Å². The molecule has 0 fully saturated rings. The lowest BCUT2D eigenvalue weighted by atomic mass is 9.97. The Bertz CT molecular complexity index is 358. The van der Waals surface area contributed by atoms with E-state index in [0.29, 0.717) is 5.92 Å². The van der Waals surface area contributed by atoms with Crippen LogP contribution in [0.25, 0.3) is 0 Å². The Kier molecular flexibility index (Phi) is 3.25. The first-order valence-electron chi connectivity index (χ1n) is 5.49. The van der Waals surface area contributed by atoms with Crippen molar-refractivity contribution in [3.05, 3.63) is 28.8 Å². The first kappa shape index (κ1) is 10.9. The minimum atomic E-state index is 0.689. The van der Waals surface area contributed by atoms with E-state index in [9.17, 15) is 0 Å². The number of aryl methyl sites for hydroxylation is 1. The number of rotatable bonds is 2. The van der Waals surface area contributed by atoms with Crippen molar-refractivity contribution in [3.63, 3.8) is 0 Å². The summed E-state index contributed by atoms with van der Waals surface area (Å²) in [5, 5.41) is 0. The average molecular weight is 222 g/mol. The topological polar surface area (TPSA) is 9.23 Å². The van der Waals surface area contributed by atoms with Gasteiger partial charge < -0.3 is 4.74 Å². The molecule has 2 rings (SSSR count). The highest BCUT2D eigenvalue weighted by Crippen LogP contribution is 2.34. The fourth-order valence-electron chi connectivity index (χ4n) is 2.06. The van der Waals surface area contributed by atoms with Gasteiger partial charge in [-0.15, -0.1) is 11.8 Å². The lowest BCUT2D eigenvalue weighted by Crippen LogP contribution is -2.08. The second kappa shape index (κ2) is 4.48. The molecule has 15 heavy (non-hydrogen) atoms. The van der Waals surface area contributed by atoms with Crippen molar-refractivity contribution in [2.24, 2.45) is 5.92 Å². The zero-order valence-electron chi connectivity index (χ0n) is 9.67. The Morgan fingerprint density at radius 3 is 2.93 bits per heavy atom. The van der Waals surface area contributed by atoms with Gasteiger partial charge in [0.15, 0.2) is 0 Å². The summed E-state index contributed by atoms with van der Waals surface area (Å²) in [6.45, 7) is 6.68. The second-order valence-corrected chi connectivity index (χ2v) is 5.55. The zero-order chi connectivity index (χ0) is 10.8. The van der Waals surface area contributed by atoms with Gasteiger partial charge in [-0.25, -0.2) is 0 Å². The number of ether oxygens (including phenoxy) is 1. The molecule has 1 heterocycles. The summed E-state index contributed by atoms with van der Waals surface area (Å²) in [6, 6.07) is 4.53.